The van der Waals surface area contributed by atoms with E-state index in [2.05, 4.69) is 25.2 Å². The fraction of sp³-hybridized carbons (Fsp3) is 0.333. The third-order valence-corrected chi connectivity index (χ3v) is 5.28. The number of hydrogen-bond donors (Lipinski definition) is 2. The number of carbonyl (C=O) groups excluding carboxylic acids is 1. The molecular weight excluding hydrogens is 349 g/mol. The highest BCUT2D eigenvalue weighted by atomic mass is 19.1. The number of hydrogen-bond acceptors (Lipinski definition) is 6. The Morgan fingerprint density at radius 3 is 2.93 bits per heavy atom. The number of nitrogens with two attached hydrogens (primary N) is 1. The molecule has 0 aromatic carbocycles. The number of amides is 1. The normalized spacial score (nSPS) is 23.5. The summed E-state index contributed by atoms with van der Waals surface area (Å²) in [4.78, 5) is 27.1. The number of pyridine rings is 1. The predicted molar refractivity (Wildman–Crippen MR) is 97.1 cm³/mol. The van der Waals surface area contributed by atoms with Gasteiger partial charge in [0.05, 0.1) is 23.8 Å². The molecule has 1 saturated heterocycles. The molecule has 3 aromatic rings. The lowest BCUT2D eigenvalue weighted by Crippen LogP contribution is -2.33. The van der Waals surface area contributed by atoms with E-state index in [1.807, 2.05) is 0 Å². The Morgan fingerprint density at radius 2 is 2.22 bits per heavy atom. The van der Waals surface area contributed by atoms with Crippen LogP contribution in [0, 0.1) is 18.7 Å². The van der Waals surface area contributed by atoms with Gasteiger partial charge in [0.2, 0.25) is 0 Å². The number of rotatable bonds is 3. The van der Waals surface area contributed by atoms with Crippen LogP contribution in [-0.4, -0.2) is 43.9 Å². The zero-order valence-corrected chi connectivity index (χ0v) is 14.7. The van der Waals surface area contributed by atoms with Crippen molar-refractivity contribution in [1.29, 1.82) is 0 Å². The van der Waals surface area contributed by atoms with Crippen LogP contribution in [0.3, 0.4) is 0 Å². The number of fused-ring (bicyclic) bond motifs is 2. The molecule has 1 amide bonds. The van der Waals surface area contributed by atoms with Crippen molar-refractivity contribution in [3.8, 4) is 0 Å². The molecule has 2 fully saturated rings. The lowest BCUT2D eigenvalue weighted by atomic mass is 10.3. The topological polar surface area (TPSA) is 101 Å². The first-order valence-corrected chi connectivity index (χ1v) is 8.73. The zero-order valence-electron chi connectivity index (χ0n) is 14.7. The van der Waals surface area contributed by atoms with Gasteiger partial charge in [-0.15, -0.1) is 0 Å². The molecular formula is C18H18FN7O. The molecule has 0 bridgehead atoms. The SMILES string of the molecule is Cc1cn2cc(NC(=O)c3cnc(N4CC5C[C@]5(N)C4)cn3)cc(F)c2n1. The van der Waals surface area contributed by atoms with Gasteiger partial charge in [-0.2, -0.15) is 0 Å². The van der Waals surface area contributed by atoms with Gasteiger partial charge in [-0.05, 0) is 19.3 Å². The maximum absolute atomic E-state index is 14.1. The molecule has 8 nitrogen and oxygen atoms in total. The van der Waals surface area contributed by atoms with Crippen molar-refractivity contribution < 1.29 is 9.18 Å². The highest BCUT2D eigenvalue weighted by molar-refractivity contribution is 6.02. The Balaban J connectivity index is 1.32. The Bertz CT molecular complexity index is 1060. The monoisotopic (exact) mass is 367 g/mol. The predicted octanol–water partition coefficient (Wildman–Crippen LogP) is 1.36. The smallest absolute Gasteiger partial charge is 0.275 e. The third-order valence-electron chi connectivity index (χ3n) is 5.28. The number of nitrogens with zero attached hydrogens (tertiary/aromatic N) is 5. The highest BCUT2D eigenvalue weighted by Gasteiger charge is 2.57. The van der Waals surface area contributed by atoms with E-state index >= 15 is 0 Å². The summed E-state index contributed by atoms with van der Waals surface area (Å²) in [5.41, 5.74) is 7.52. The van der Waals surface area contributed by atoms with Crippen molar-refractivity contribution in [2.45, 2.75) is 18.9 Å². The summed E-state index contributed by atoms with van der Waals surface area (Å²) in [5.74, 6) is 0.277. The Hall–Kier alpha value is -3.07. The number of nitrogens with one attached hydrogen (secondary N) is 1. The maximum atomic E-state index is 14.1. The minimum Gasteiger partial charge on any atom is -0.353 e. The van der Waals surface area contributed by atoms with Crippen molar-refractivity contribution in [3.05, 3.63) is 48.1 Å². The second kappa shape index (κ2) is 5.46. The molecule has 0 spiro atoms. The number of anilines is 2. The zero-order chi connectivity index (χ0) is 18.8. The van der Waals surface area contributed by atoms with E-state index < -0.39 is 11.7 Å². The van der Waals surface area contributed by atoms with E-state index in [1.165, 1.54) is 16.7 Å². The van der Waals surface area contributed by atoms with E-state index in [-0.39, 0.29) is 16.9 Å². The van der Waals surface area contributed by atoms with Gasteiger partial charge in [0.1, 0.15) is 11.5 Å². The molecule has 138 valence electrons. The van der Waals surface area contributed by atoms with Crippen LogP contribution in [0.15, 0.2) is 30.9 Å². The fourth-order valence-corrected chi connectivity index (χ4v) is 3.74. The van der Waals surface area contributed by atoms with Crippen molar-refractivity contribution >= 4 is 23.1 Å². The molecule has 27 heavy (non-hydrogen) atoms. The quantitative estimate of drug-likeness (QED) is 0.725. The van der Waals surface area contributed by atoms with E-state index in [0.29, 0.717) is 23.1 Å². The fourth-order valence-electron chi connectivity index (χ4n) is 3.74. The molecule has 1 unspecified atom stereocenters. The molecule has 0 radical (unpaired) electrons. The molecule has 4 heterocycles. The summed E-state index contributed by atoms with van der Waals surface area (Å²) < 4.78 is 15.7. The first-order chi connectivity index (χ1) is 12.9. The van der Waals surface area contributed by atoms with Gasteiger partial charge in [0, 0.05) is 37.1 Å². The third kappa shape index (κ3) is 2.71. The van der Waals surface area contributed by atoms with Crippen LogP contribution in [0.1, 0.15) is 22.6 Å². The average Bonchev–Trinajstić information content (AvgIpc) is 2.95. The lowest BCUT2D eigenvalue weighted by molar-refractivity contribution is 0.102. The summed E-state index contributed by atoms with van der Waals surface area (Å²) >= 11 is 0. The van der Waals surface area contributed by atoms with Crippen LogP contribution in [0.2, 0.25) is 0 Å². The largest absolute Gasteiger partial charge is 0.353 e. The van der Waals surface area contributed by atoms with Gasteiger partial charge in [-0.1, -0.05) is 0 Å². The van der Waals surface area contributed by atoms with E-state index in [9.17, 15) is 9.18 Å². The number of aryl methyl sites for hydroxylation is 1. The molecule has 9 heteroatoms. The van der Waals surface area contributed by atoms with Crippen molar-refractivity contribution in [1.82, 2.24) is 19.4 Å². The molecule has 1 aliphatic carbocycles. The highest BCUT2D eigenvalue weighted by Crippen LogP contribution is 2.47. The summed E-state index contributed by atoms with van der Waals surface area (Å²) in [6, 6.07) is 1.23. The van der Waals surface area contributed by atoms with Gasteiger partial charge in [0.15, 0.2) is 11.5 Å². The molecule has 3 N–H and O–H groups in total. The van der Waals surface area contributed by atoms with Gasteiger partial charge >= 0.3 is 0 Å². The van der Waals surface area contributed by atoms with Crippen LogP contribution in [-0.2, 0) is 0 Å². The average molecular weight is 367 g/mol. The van der Waals surface area contributed by atoms with Gasteiger partial charge < -0.3 is 20.4 Å². The molecule has 2 atom stereocenters. The number of halogens is 1. The van der Waals surface area contributed by atoms with Crippen LogP contribution in [0.25, 0.3) is 5.65 Å². The maximum Gasteiger partial charge on any atom is 0.275 e. The molecule has 5 rings (SSSR count). The van der Waals surface area contributed by atoms with E-state index in [0.717, 1.165) is 19.5 Å². The lowest BCUT2D eigenvalue weighted by Gasteiger charge is -2.19. The molecule has 2 aliphatic rings. The van der Waals surface area contributed by atoms with Crippen molar-refractivity contribution in [2.75, 3.05) is 23.3 Å². The summed E-state index contributed by atoms with van der Waals surface area (Å²) in [7, 11) is 0. The van der Waals surface area contributed by atoms with Crippen molar-refractivity contribution in [3.63, 3.8) is 0 Å². The first kappa shape index (κ1) is 16.1. The van der Waals surface area contributed by atoms with Crippen LogP contribution in [0.5, 0.6) is 0 Å². The minimum atomic E-state index is -0.509. The first-order valence-electron chi connectivity index (χ1n) is 8.73. The summed E-state index contributed by atoms with van der Waals surface area (Å²) in [6.45, 7) is 3.42. The number of imidazole rings is 1. The second-order valence-corrected chi connectivity index (χ2v) is 7.42. The Morgan fingerprint density at radius 1 is 1.37 bits per heavy atom. The standard InChI is InChI=1S/C18H18FN7O/c1-10-6-25-8-12(2-13(19)16(25)23-10)24-17(27)14-4-22-15(5-21-14)26-7-11-3-18(11,20)9-26/h2,4-6,8,11H,3,7,9,20H2,1H3,(H,24,27)/t11?,18-/m0/s1. The van der Waals surface area contributed by atoms with Crippen molar-refractivity contribution in [2.24, 2.45) is 11.7 Å². The van der Waals surface area contributed by atoms with Gasteiger partial charge in [-0.3, -0.25) is 4.79 Å². The minimum absolute atomic E-state index is 0.0773. The van der Waals surface area contributed by atoms with Gasteiger partial charge in [0.25, 0.3) is 5.91 Å². The van der Waals surface area contributed by atoms with Crippen LogP contribution in [0.4, 0.5) is 15.9 Å². The van der Waals surface area contributed by atoms with E-state index in [4.69, 9.17) is 5.73 Å². The second-order valence-electron chi connectivity index (χ2n) is 7.42. The summed E-state index contributed by atoms with van der Waals surface area (Å²) in [5, 5.41) is 2.65. The number of aromatic nitrogens is 4. The molecule has 3 aromatic heterocycles. The molecule has 1 saturated carbocycles. The summed E-state index contributed by atoms with van der Waals surface area (Å²) in [6.07, 6.45) is 7.36. The number of piperidine rings is 1. The van der Waals surface area contributed by atoms with Crippen LogP contribution < -0.4 is 16.0 Å². The Kier molecular flexibility index (Phi) is 3.26. The molecule has 1 aliphatic heterocycles. The van der Waals surface area contributed by atoms with E-state index in [1.54, 1.807) is 25.5 Å². The number of carbonyl (C=O) groups is 1. The van der Waals surface area contributed by atoms with Gasteiger partial charge in [-0.25, -0.2) is 19.3 Å². The van der Waals surface area contributed by atoms with Crippen LogP contribution >= 0.6 is 0 Å². The Labute approximate surface area is 154 Å².